The minimum atomic E-state index is 1.21. The van der Waals surface area contributed by atoms with E-state index in [-0.39, 0.29) is 0 Å². The first kappa shape index (κ1) is 5.24. The molecule has 0 amide bonds. The molecule has 1 heteroatoms. The SMILES string of the molecule is [c]1cc2c(s1)CCC=C2. The molecule has 1 aliphatic carbocycles. The van der Waals surface area contributed by atoms with E-state index >= 15 is 0 Å². The number of thiophene rings is 1. The van der Waals surface area contributed by atoms with Crippen molar-refractivity contribution in [3.8, 4) is 0 Å². The first-order chi connectivity index (χ1) is 4.47. The van der Waals surface area contributed by atoms with Crippen molar-refractivity contribution in [2.24, 2.45) is 0 Å². The molecule has 1 radical (unpaired) electrons. The number of aryl methyl sites for hydroxylation is 1. The van der Waals surface area contributed by atoms with Crippen LogP contribution in [0.25, 0.3) is 6.08 Å². The monoisotopic (exact) mass is 135 g/mol. The highest BCUT2D eigenvalue weighted by molar-refractivity contribution is 7.09. The molecule has 1 heterocycles. The molecule has 0 saturated heterocycles. The highest BCUT2D eigenvalue weighted by atomic mass is 32.1. The molecule has 0 aromatic carbocycles. The van der Waals surface area contributed by atoms with E-state index in [0.29, 0.717) is 0 Å². The summed E-state index contributed by atoms with van der Waals surface area (Å²) in [6.45, 7) is 0. The standard InChI is InChI=1S/C8H7S/c1-2-4-8-7(3-1)5-6-9-8/h1,3,5H,2,4H2. The lowest BCUT2D eigenvalue weighted by Crippen LogP contribution is -1.85. The molecule has 2 rings (SSSR count). The van der Waals surface area contributed by atoms with Gasteiger partial charge in [-0.3, -0.25) is 0 Å². The summed E-state index contributed by atoms with van der Waals surface area (Å²) in [5, 5.41) is 3.13. The molecule has 0 nitrogen and oxygen atoms in total. The van der Waals surface area contributed by atoms with Gasteiger partial charge >= 0.3 is 0 Å². The van der Waals surface area contributed by atoms with Crippen LogP contribution in [0.15, 0.2) is 12.1 Å². The Kier molecular flexibility index (Phi) is 1.16. The Labute approximate surface area is 58.8 Å². The predicted octanol–water partition coefficient (Wildman–Crippen LogP) is 2.51. The van der Waals surface area contributed by atoms with Gasteiger partial charge in [-0.15, -0.1) is 11.3 Å². The molecular weight excluding hydrogens is 128 g/mol. The summed E-state index contributed by atoms with van der Waals surface area (Å²) in [6.07, 6.45) is 6.84. The second kappa shape index (κ2) is 1.99. The van der Waals surface area contributed by atoms with E-state index < -0.39 is 0 Å². The zero-order valence-corrected chi connectivity index (χ0v) is 5.87. The molecule has 0 fully saturated rings. The molecule has 1 aromatic heterocycles. The summed E-state index contributed by atoms with van der Waals surface area (Å²) in [5.41, 5.74) is 1.38. The Balaban J connectivity index is 2.53. The number of rotatable bonds is 0. The fraction of sp³-hybridized carbons (Fsp3) is 0.250. The van der Waals surface area contributed by atoms with Crippen molar-refractivity contribution in [3.63, 3.8) is 0 Å². The van der Waals surface area contributed by atoms with Gasteiger partial charge < -0.3 is 0 Å². The first-order valence-corrected chi connectivity index (χ1v) is 3.94. The number of hydrogen-bond acceptors (Lipinski definition) is 1. The summed E-state index contributed by atoms with van der Waals surface area (Å²) in [7, 11) is 0. The lowest BCUT2D eigenvalue weighted by atomic mass is 10.1. The van der Waals surface area contributed by atoms with Crippen LogP contribution in [0.4, 0.5) is 0 Å². The number of allylic oxidation sites excluding steroid dienone is 1. The molecule has 0 spiro atoms. The van der Waals surface area contributed by atoms with Gasteiger partial charge in [-0.05, 0) is 24.5 Å². The number of hydrogen-bond donors (Lipinski definition) is 0. The van der Waals surface area contributed by atoms with Crippen LogP contribution in [-0.2, 0) is 6.42 Å². The van der Waals surface area contributed by atoms with Gasteiger partial charge in [-0.2, -0.15) is 0 Å². The van der Waals surface area contributed by atoms with Crippen LogP contribution in [0.5, 0.6) is 0 Å². The van der Waals surface area contributed by atoms with Crippen LogP contribution in [-0.4, -0.2) is 0 Å². The molecule has 0 unspecified atom stereocenters. The maximum atomic E-state index is 3.13. The molecule has 45 valence electrons. The van der Waals surface area contributed by atoms with E-state index in [1.807, 2.05) is 0 Å². The van der Waals surface area contributed by atoms with Gasteiger partial charge in [0.1, 0.15) is 0 Å². The fourth-order valence-electron chi connectivity index (χ4n) is 1.06. The van der Waals surface area contributed by atoms with E-state index in [0.717, 1.165) is 0 Å². The Morgan fingerprint density at radius 2 is 2.56 bits per heavy atom. The van der Waals surface area contributed by atoms with Crippen molar-refractivity contribution >= 4 is 17.4 Å². The molecule has 0 aliphatic heterocycles. The second-order valence-electron chi connectivity index (χ2n) is 2.18. The molecular formula is C8H7S. The Morgan fingerprint density at radius 1 is 1.56 bits per heavy atom. The van der Waals surface area contributed by atoms with E-state index in [1.54, 1.807) is 11.3 Å². The van der Waals surface area contributed by atoms with Gasteiger partial charge in [0, 0.05) is 10.3 Å². The summed E-state index contributed by atoms with van der Waals surface area (Å²) in [6, 6.07) is 2.07. The summed E-state index contributed by atoms with van der Waals surface area (Å²) < 4.78 is 0. The topological polar surface area (TPSA) is 0 Å². The van der Waals surface area contributed by atoms with Crippen molar-refractivity contribution in [1.29, 1.82) is 0 Å². The van der Waals surface area contributed by atoms with Crippen LogP contribution in [0, 0.1) is 5.38 Å². The molecule has 1 aliphatic rings. The van der Waals surface area contributed by atoms with Crippen molar-refractivity contribution < 1.29 is 0 Å². The zero-order valence-electron chi connectivity index (χ0n) is 5.05. The molecule has 0 atom stereocenters. The van der Waals surface area contributed by atoms with Crippen molar-refractivity contribution in [2.45, 2.75) is 12.8 Å². The van der Waals surface area contributed by atoms with Gasteiger partial charge in [-0.25, -0.2) is 0 Å². The Morgan fingerprint density at radius 3 is 3.44 bits per heavy atom. The smallest absolute Gasteiger partial charge is 0.0451 e. The second-order valence-corrected chi connectivity index (χ2v) is 3.12. The van der Waals surface area contributed by atoms with Gasteiger partial charge in [0.05, 0.1) is 0 Å². The van der Waals surface area contributed by atoms with E-state index in [2.05, 4.69) is 23.6 Å². The maximum Gasteiger partial charge on any atom is 0.0451 e. The van der Waals surface area contributed by atoms with E-state index in [4.69, 9.17) is 0 Å². The average molecular weight is 135 g/mol. The quantitative estimate of drug-likeness (QED) is 0.512. The highest BCUT2D eigenvalue weighted by Crippen LogP contribution is 2.23. The van der Waals surface area contributed by atoms with Crippen LogP contribution in [0.2, 0.25) is 0 Å². The maximum absolute atomic E-state index is 3.13. The molecule has 1 aromatic rings. The minimum Gasteiger partial charge on any atom is -0.139 e. The minimum absolute atomic E-state index is 1.21. The van der Waals surface area contributed by atoms with Crippen molar-refractivity contribution in [3.05, 3.63) is 28.0 Å². The number of fused-ring (bicyclic) bond motifs is 1. The molecule has 9 heavy (non-hydrogen) atoms. The lowest BCUT2D eigenvalue weighted by Gasteiger charge is -2.01. The van der Waals surface area contributed by atoms with Gasteiger partial charge in [0.15, 0.2) is 0 Å². The largest absolute Gasteiger partial charge is 0.139 e. The normalized spacial score (nSPS) is 15.6. The van der Waals surface area contributed by atoms with E-state index in [1.165, 1.54) is 23.3 Å². The van der Waals surface area contributed by atoms with Gasteiger partial charge in [-0.1, -0.05) is 12.2 Å². The van der Waals surface area contributed by atoms with Crippen LogP contribution in [0.3, 0.4) is 0 Å². The van der Waals surface area contributed by atoms with E-state index in [9.17, 15) is 0 Å². The summed E-state index contributed by atoms with van der Waals surface area (Å²) >= 11 is 1.75. The predicted molar refractivity (Wildman–Crippen MR) is 40.5 cm³/mol. The Bertz CT molecular complexity index is 232. The van der Waals surface area contributed by atoms with Crippen LogP contribution in [0.1, 0.15) is 16.9 Å². The zero-order chi connectivity index (χ0) is 6.10. The third-order valence-corrected chi connectivity index (χ3v) is 2.48. The molecule has 0 bridgehead atoms. The third-order valence-electron chi connectivity index (χ3n) is 1.55. The average Bonchev–Trinajstić information content (AvgIpc) is 2.33. The van der Waals surface area contributed by atoms with Gasteiger partial charge in [0.2, 0.25) is 0 Å². The van der Waals surface area contributed by atoms with Crippen molar-refractivity contribution in [1.82, 2.24) is 0 Å². The molecule has 0 saturated carbocycles. The summed E-state index contributed by atoms with van der Waals surface area (Å²) in [5.74, 6) is 0. The summed E-state index contributed by atoms with van der Waals surface area (Å²) in [4.78, 5) is 1.50. The van der Waals surface area contributed by atoms with Crippen LogP contribution >= 0.6 is 11.3 Å². The van der Waals surface area contributed by atoms with Gasteiger partial charge in [0.25, 0.3) is 0 Å². The molecule has 0 N–H and O–H groups in total. The van der Waals surface area contributed by atoms with Crippen LogP contribution < -0.4 is 0 Å². The lowest BCUT2D eigenvalue weighted by molar-refractivity contribution is 1.01. The third kappa shape index (κ3) is 0.815. The first-order valence-electron chi connectivity index (χ1n) is 3.12. The Hall–Kier alpha value is -0.560. The fourth-order valence-corrected chi connectivity index (χ4v) is 1.86. The highest BCUT2D eigenvalue weighted by Gasteiger charge is 2.03. The van der Waals surface area contributed by atoms with Crippen molar-refractivity contribution in [2.75, 3.05) is 0 Å².